The average Bonchev–Trinajstić information content (AvgIpc) is 3.48. The zero-order valence-corrected chi connectivity index (χ0v) is 34.1. The summed E-state index contributed by atoms with van der Waals surface area (Å²) in [5.74, 6) is 1.39. The molecule has 0 spiro atoms. The smallest absolute Gasteiger partial charge is 0.420 e. The van der Waals surface area contributed by atoms with Crippen LogP contribution in [0.25, 0.3) is 5.65 Å². The quantitative estimate of drug-likeness (QED) is 0.165. The fourth-order valence-electron chi connectivity index (χ4n) is 6.40. The molecule has 1 saturated heterocycles. The molecule has 0 aliphatic carbocycles. The second-order valence-electron chi connectivity index (χ2n) is 17.2. The summed E-state index contributed by atoms with van der Waals surface area (Å²) in [4.78, 5) is 34.9. The predicted octanol–water partition coefficient (Wildman–Crippen LogP) is 8.10. The third kappa shape index (κ3) is 9.56. The number of nitrogens with zero attached hydrogens (tertiary/aromatic N) is 5. The Hall–Kier alpha value is -3.88. The number of carbonyl (C=O) groups is 2. The van der Waals surface area contributed by atoms with Gasteiger partial charge in [0.05, 0.1) is 37.2 Å². The lowest BCUT2D eigenvalue weighted by Gasteiger charge is -2.47. The van der Waals surface area contributed by atoms with E-state index in [2.05, 4.69) is 44.3 Å². The number of anilines is 3. The lowest BCUT2D eigenvalue weighted by atomic mass is 9.77. The van der Waals surface area contributed by atoms with Gasteiger partial charge in [0.2, 0.25) is 0 Å². The monoisotopic (exact) mass is 740 g/mol. The molecule has 2 aromatic heterocycles. The first-order chi connectivity index (χ1) is 24.0. The molecule has 14 heteroatoms. The number of hydrogen-bond donors (Lipinski definition) is 3. The number of benzene rings is 1. The fourth-order valence-corrected chi connectivity index (χ4v) is 7.44. The summed E-state index contributed by atoms with van der Waals surface area (Å²) in [7, 11) is -2.23. The van der Waals surface area contributed by atoms with Gasteiger partial charge in [-0.15, -0.1) is 0 Å². The van der Waals surface area contributed by atoms with Crippen LogP contribution in [0.3, 0.4) is 0 Å². The van der Waals surface area contributed by atoms with Gasteiger partial charge in [-0.05, 0) is 88.3 Å². The number of aliphatic hydroxyl groups excluding tert-OH is 1. The van der Waals surface area contributed by atoms with E-state index >= 15 is 0 Å². The van der Waals surface area contributed by atoms with Crippen molar-refractivity contribution in [2.24, 2.45) is 5.41 Å². The van der Waals surface area contributed by atoms with Crippen molar-refractivity contribution in [3.05, 3.63) is 42.1 Å². The number of likely N-dealkylation sites (tertiary alicyclic amines) is 1. The van der Waals surface area contributed by atoms with Gasteiger partial charge < -0.3 is 34.3 Å². The number of rotatable bonds is 11. The van der Waals surface area contributed by atoms with Crippen LogP contribution < -0.4 is 15.0 Å². The summed E-state index contributed by atoms with van der Waals surface area (Å²) >= 11 is 0. The zero-order chi connectivity index (χ0) is 38.8. The Balaban J connectivity index is 1.96. The molecule has 0 radical (unpaired) electrons. The van der Waals surface area contributed by atoms with E-state index in [0.29, 0.717) is 60.3 Å². The second-order valence-corrected chi connectivity index (χ2v) is 22.0. The van der Waals surface area contributed by atoms with Crippen molar-refractivity contribution >= 4 is 43.5 Å². The highest BCUT2D eigenvalue weighted by Crippen LogP contribution is 2.40. The van der Waals surface area contributed by atoms with Crippen molar-refractivity contribution in [2.75, 3.05) is 30.0 Å². The van der Waals surface area contributed by atoms with E-state index in [1.54, 1.807) is 61.8 Å². The summed E-state index contributed by atoms with van der Waals surface area (Å²) in [6, 6.07) is 8.16. The van der Waals surface area contributed by atoms with E-state index in [9.17, 15) is 19.8 Å². The molecular formula is C38H60N6O7Si. The van der Waals surface area contributed by atoms with Crippen LogP contribution in [-0.4, -0.2) is 93.8 Å². The first-order valence-electron chi connectivity index (χ1n) is 18.2. The molecule has 3 heterocycles. The van der Waals surface area contributed by atoms with Crippen molar-refractivity contribution in [1.29, 1.82) is 0 Å². The maximum atomic E-state index is 14.4. The van der Waals surface area contributed by atoms with Gasteiger partial charge in [0.1, 0.15) is 17.2 Å². The van der Waals surface area contributed by atoms with E-state index in [1.165, 1.54) is 9.80 Å². The number of piperidine rings is 1. The molecular weight excluding hydrogens is 681 g/mol. The zero-order valence-electron chi connectivity index (χ0n) is 33.1. The highest BCUT2D eigenvalue weighted by molar-refractivity contribution is 6.74. The van der Waals surface area contributed by atoms with Crippen molar-refractivity contribution in [2.45, 2.75) is 130 Å². The largest absolute Gasteiger partial charge is 0.494 e. The Labute approximate surface area is 309 Å². The van der Waals surface area contributed by atoms with Crippen LogP contribution >= 0.6 is 0 Å². The summed E-state index contributed by atoms with van der Waals surface area (Å²) in [5.41, 5.74) is 0.189. The van der Waals surface area contributed by atoms with Gasteiger partial charge in [0, 0.05) is 30.6 Å². The number of ether oxygens (including phenoxy) is 2. The minimum absolute atomic E-state index is 0.0426. The van der Waals surface area contributed by atoms with E-state index < -0.39 is 43.7 Å². The summed E-state index contributed by atoms with van der Waals surface area (Å²) < 4.78 is 19.8. The number of hydrogen-bond acceptors (Lipinski definition) is 9. The minimum Gasteiger partial charge on any atom is -0.494 e. The number of nitrogens with one attached hydrogen (secondary N) is 1. The average molecular weight is 741 g/mol. The molecule has 1 aliphatic heterocycles. The lowest BCUT2D eigenvalue weighted by Crippen LogP contribution is -2.59. The Morgan fingerprint density at radius 2 is 1.71 bits per heavy atom. The maximum absolute atomic E-state index is 14.4. The standard InChI is InChI=1S/C38H60N6O7Si/c1-13-49-27-18-16-25(17-19-27)43(35(48)51-37(5,6)7)33-28(23-26(45)24-50-52(11,12)38(8,9)10)32(41-30-20-21-39-44(30)33)40-29-15-14-22-42(34(46)47)31(29)36(2,3)4/h16-21,26,29,31,45H,13-15,22-24H2,1-12H3,(H,40,41)(H,46,47)/t26?,29?,31-/m1/s1. The number of fused-ring (bicyclic) bond motifs is 1. The van der Waals surface area contributed by atoms with Crippen molar-refractivity contribution in [3.8, 4) is 5.75 Å². The van der Waals surface area contributed by atoms with Crippen LogP contribution in [-0.2, 0) is 15.6 Å². The Bertz CT molecular complexity index is 1690. The molecule has 3 aromatic rings. The third-order valence-corrected chi connectivity index (χ3v) is 14.3. The van der Waals surface area contributed by atoms with E-state index in [4.69, 9.17) is 18.9 Å². The fraction of sp³-hybridized carbons (Fsp3) is 0.632. The van der Waals surface area contributed by atoms with Crippen LogP contribution in [0.5, 0.6) is 5.75 Å². The normalized spacial score (nSPS) is 17.9. The van der Waals surface area contributed by atoms with E-state index in [0.717, 1.165) is 0 Å². The first-order valence-corrected chi connectivity index (χ1v) is 21.2. The van der Waals surface area contributed by atoms with Crippen LogP contribution in [0.4, 0.5) is 26.9 Å². The van der Waals surface area contributed by atoms with Gasteiger partial charge in [-0.25, -0.2) is 19.5 Å². The van der Waals surface area contributed by atoms with Crippen LogP contribution in [0.1, 0.15) is 87.6 Å². The van der Waals surface area contributed by atoms with Gasteiger partial charge in [0.25, 0.3) is 0 Å². The molecule has 4 rings (SSSR count). The van der Waals surface area contributed by atoms with E-state index in [-0.39, 0.29) is 24.1 Å². The highest BCUT2D eigenvalue weighted by atomic mass is 28.4. The van der Waals surface area contributed by atoms with Crippen LogP contribution in [0.2, 0.25) is 18.1 Å². The van der Waals surface area contributed by atoms with Gasteiger partial charge in [-0.3, -0.25) is 0 Å². The van der Waals surface area contributed by atoms with Crippen LogP contribution in [0.15, 0.2) is 36.5 Å². The van der Waals surface area contributed by atoms with Crippen molar-refractivity contribution < 1.29 is 33.7 Å². The molecule has 1 aliphatic rings. The Morgan fingerprint density at radius 1 is 1.06 bits per heavy atom. The molecule has 1 fully saturated rings. The van der Waals surface area contributed by atoms with Gasteiger partial charge in [0.15, 0.2) is 19.8 Å². The summed E-state index contributed by atoms with van der Waals surface area (Å²) in [6.45, 7) is 25.1. The number of aliphatic hydroxyl groups is 1. The number of carboxylic acid groups (broad SMARTS) is 1. The molecule has 3 atom stereocenters. The second kappa shape index (κ2) is 15.6. The number of aromatic nitrogens is 3. The molecule has 13 nitrogen and oxygen atoms in total. The maximum Gasteiger partial charge on any atom is 0.420 e. The molecule has 0 saturated carbocycles. The molecule has 3 N–H and O–H groups in total. The van der Waals surface area contributed by atoms with Gasteiger partial charge in [-0.1, -0.05) is 41.5 Å². The molecule has 2 amide bonds. The highest BCUT2D eigenvalue weighted by Gasteiger charge is 2.43. The first kappa shape index (κ1) is 40.9. The lowest BCUT2D eigenvalue weighted by molar-refractivity contribution is 0.0517. The summed E-state index contributed by atoms with van der Waals surface area (Å²) in [5, 5.41) is 30.2. The molecule has 0 bridgehead atoms. The van der Waals surface area contributed by atoms with Crippen molar-refractivity contribution in [3.63, 3.8) is 0 Å². The summed E-state index contributed by atoms with van der Waals surface area (Å²) in [6.07, 6.45) is 0.389. The SMILES string of the molecule is CCOc1ccc(N(C(=O)OC(C)(C)C)c2c(CC(O)CO[Si](C)(C)C(C)(C)C)c(NC3CCCN(C(=O)O)[C@H]3C(C)(C)C)nc3ccnn23)cc1. The third-order valence-electron chi connectivity index (χ3n) is 9.77. The Morgan fingerprint density at radius 3 is 2.27 bits per heavy atom. The topological polar surface area (TPSA) is 151 Å². The van der Waals surface area contributed by atoms with E-state index in [1.807, 2.05) is 27.7 Å². The predicted molar refractivity (Wildman–Crippen MR) is 206 cm³/mol. The van der Waals surface area contributed by atoms with Crippen molar-refractivity contribution in [1.82, 2.24) is 19.5 Å². The molecule has 288 valence electrons. The Kier molecular flexibility index (Phi) is 12.3. The molecule has 1 aromatic carbocycles. The van der Waals surface area contributed by atoms with Gasteiger partial charge in [-0.2, -0.15) is 9.61 Å². The molecule has 52 heavy (non-hydrogen) atoms. The number of carbonyl (C=O) groups excluding carboxylic acids is 1. The van der Waals surface area contributed by atoms with Gasteiger partial charge >= 0.3 is 12.2 Å². The molecule has 2 unspecified atom stereocenters. The van der Waals surface area contributed by atoms with Crippen LogP contribution in [0, 0.1) is 5.41 Å². The minimum atomic E-state index is -2.23. The number of amides is 2.